The number of benzene rings is 3. The molecule has 720 valence electrons. The standard InChI is InChI=1S/C22H34O9.C21H30O9.C12H24O4.C11H22O5.C10H10O5.C8H18O5.C3H5Br/c1-4-5-8-27-9-10-28-11-12-29-13-14-30-15-16-31-18-6-7-19(21(23)25-2)20(17-18)22(24)26-3;1-4-7-26-8-9-27-10-11-28-12-13-29-14-15-30-17-5-6-18(20(22)24-2)19(16-17)21(23)25-3;1-3-5-13-7-9-15-11-12-16-10-8-14-6-4-2;1-2-4-13-6-8-15-10-11-16-9-7-14-5-3-12;1-14-9(12)7-4-3-6(11)5-8(7)10(13)15-2;9-1-3-11-5-7-13-8-6-12-4-2-10;1-2-3-4/h6-7,17H,4-5,8-16H2,1-3H3;4-6,16H,1,7-15H2,2-3H3;3H,1,4-12H2,2H3;2,12H,1,3-11H2;3-5,11H,1-2H3;9-10H,1-8H2;2H,1,3H2. The lowest BCUT2D eigenvalue weighted by Gasteiger charge is -2.11. The van der Waals surface area contributed by atoms with Gasteiger partial charge >= 0.3 is 35.8 Å². The van der Waals surface area contributed by atoms with E-state index < -0.39 is 35.8 Å². The summed E-state index contributed by atoms with van der Waals surface area (Å²) in [4.78, 5) is 69.8. The van der Waals surface area contributed by atoms with E-state index in [0.29, 0.717) is 249 Å². The van der Waals surface area contributed by atoms with E-state index in [2.05, 4.69) is 75.0 Å². The van der Waals surface area contributed by atoms with Crippen LogP contribution >= 0.6 is 15.9 Å². The molecule has 3 aromatic carbocycles. The third-order valence-corrected chi connectivity index (χ3v) is 14.6. The fraction of sp³-hybridized carbons (Fsp3) is 0.632. The zero-order chi connectivity index (χ0) is 93.2. The van der Waals surface area contributed by atoms with Gasteiger partial charge < -0.3 is 148 Å². The predicted octanol–water partition coefficient (Wildman–Crippen LogP) is 7.83. The van der Waals surface area contributed by atoms with E-state index in [1.165, 1.54) is 79.1 Å². The van der Waals surface area contributed by atoms with Crippen LogP contribution in [0.1, 0.15) is 95.3 Å². The van der Waals surface area contributed by atoms with Gasteiger partial charge in [0.2, 0.25) is 0 Å². The average molecular weight is 1860 g/mol. The Morgan fingerprint density at radius 3 is 0.704 bits per heavy atom. The van der Waals surface area contributed by atoms with Crippen LogP contribution in [0.25, 0.3) is 0 Å². The number of rotatable bonds is 74. The van der Waals surface area contributed by atoms with Gasteiger partial charge in [-0.05, 0) is 67.4 Å². The highest BCUT2D eigenvalue weighted by Crippen LogP contribution is 2.22. The summed E-state index contributed by atoms with van der Waals surface area (Å²) in [6.45, 7) is 38.9. The van der Waals surface area contributed by atoms with E-state index in [-0.39, 0.29) is 72.2 Å². The van der Waals surface area contributed by atoms with Crippen LogP contribution in [0.2, 0.25) is 0 Å². The molecule has 0 aromatic heterocycles. The van der Waals surface area contributed by atoms with Crippen LogP contribution in [0.5, 0.6) is 17.2 Å². The van der Waals surface area contributed by atoms with E-state index in [1.807, 2.05) is 0 Å². The summed E-state index contributed by atoms with van der Waals surface area (Å²) >= 11 is 3.13. The van der Waals surface area contributed by atoms with Gasteiger partial charge in [0, 0.05) is 18.5 Å². The normalized spacial score (nSPS) is 10.3. The Morgan fingerprint density at radius 2 is 0.480 bits per heavy atom. The minimum Gasteiger partial charge on any atom is -0.508 e. The highest BCUT2D eigenvalue weighted by atomic mass is 79.9. The molecule has 0 saturated carbocycles. The largest absolute Gasteiger partial charge is 0.508 e. The maximum absolute atomic E-state index is 11.9. The number of aliphatic hydroxyl groups is 3. The molecule has 0 saturated heterocycles. The van der Waals surface area contributed by atoms with Gasteiger partial charge in [0.05, 0.1) is 334 Å². The molecule has 0 atom stereocenters. The number of phenolic OH excluding ortho intramolecular Hbond substituents is 1. The summed E-state index contributed by atoms with van der Waals surface area (Å²) in [6, 6.07) is 12.7. The Balaban J connectivity index is -0.000000719. The van der Waals surface area contributed by atoms with E-state index in [1.54, 1.807) is 36.4 Å². The summed E-state index contributed by atoms with van der Waals surface area (Å²) in [6.07, 6.45) is 10.2. The number of aliphatic hydroxyl groups excluding tert-OH is 3. The second kappa shape index (κ2) is 100. The van der Waals surface area contributed by atoms with Crippen LogP contribution in [0.4, 0.5) is 0 Å². The van der Waals surface area contributed by atoms with Crippen LogP contribution in [0.15, 0.2) is 105 Å². The molecule has 0 aliphatic carbocycles. The molecule has 3 rings (SSSR count). The first-order valence-electron chi connectivity index (χ1n) is 40.7. The molecule has 0 aliphatic heterocycles. The minimum atomic E-state index is -0.702. The molecule has 3 aromatic rings. The van der Waals surface area contributed by atoms with Crippen LogP contribution in [0.3, 0.4) is 0 Å². The lowest BCUT2D eigenvalue weighted by molar-refractivity contribution is -0.00478. The number of esters is 6. The number of ether oxygens (including phenoxy) is 27. The van der Waals surface area contributed by atoms with Gasteiger partial charge in [-0.3, -0.25) is 0 Å². The quantitative estimate of drug-likeness (QED) is 0.0137. The van der Waals surface area contributed by atoms with Crippen molar-refractivity contribution in [3.05, 3.63) is 139 Å². The number of hydrogen-bond acceptors (Lipinski definition) is 37. The second-order valence-electron chi connectivity index (χ2n) is 23.6. The van der Waals surface area contributed by atoms with Crippen molar-refractivity contribution in [2.45, 2.75) is 33.1 Å². The first-order chi connectivity index (χ1) is 61.0. The van der Waals surface area contributed by atoms with E-state index >= 15 is 0 Å². The second-order valence-corrected chi connectivity index (χ2v) is 24.3. The number of methoxy groups -OCH3 is 6. The van der Waals surface area contributed by atoms with Crippen molar-refractivity contribution in [2.24, 2.45) is 0 Å². The van der Waals surface area contributed by atoms with Crippen molar-refractivity contribution in [3.63, 3.8) is 0 Å². The number of halogens is 1. The lowest BCUT2D eigenvalue weighted by Crippen LogP contribution is -2.14. The van der Waals surface area contributed by atoms with Gasteiger partial charge in [-0.15, -0.1) is 26.3 Å². The predicted molar refractivity (Wildman–Crippen MR) is 467 cm³/mol. The fourth-order valence-corrected chi connectivity index (χ4v) is 8.26. The van der Waals surface area contributed by atoms with Gasteiger partial charge in [-0.1, -0.05) is 60.5 Å². The van der Waals surface area contributed by atoms with Gasteiger partial charge in [-0.2, -0.15) is 0 Å². The molecule has 0 fully saturated rings. The van der Waals surface area contributed by atoms with E-state index in [4.69, 9.17) is 124 Å². The Kier molecular flexibility index (Phi) is 99.2. The topological polar surface area (TPSA) is 433 Å². The first kappa shape index (κ1) is 124. The Morgan fingerprint density at radius 1 is 0.272 bits per heavy atom. The molecule has 38 heteroatoms. The SMILES string of the molecule is C=CCBr.C=CCOCCOCCOCCOCCC.C=CCOCCOCCOCCOCCO.C=CCOCCOCCOCCOCCOc1ccc(C(=O)OC)c(C(=O)OC)c1.CCCCOCCOCCOCCOCCOc1ccc(C(=O)OC)c(C(=O)OC)c1.COC(=O)c1ccc(O)cc1C(=O)OC.OCCOCCOCCOCCO. The third-order valence-electron chi connectivity index (χ3n) is 14.1. The summed E-state index contributed by atoms with van der Waals surface area (Å²) in [5.41, 5.74) is 0.412. The van der Waals surface area contributed by atoms with Crippen molar-refractivity contribution in [1.29, 1.82) is 0 Å². The molecule has 0 bridgehead atoms. The van der Waals surface area contributed by atoms with Gasteiger partial charge in [0.15, 0.2) is 0 Å². The van der Waals surface area contributed by atoms with Crippen molar-refractivity contribution in [3.8, 4) is 17.2 Å². The molecule has 0 unspecified atom stereocenters. The molecular formula is C87H143BrO37. The number of carbonyl (C=O) groups excluding carboxylic acids is 6. The van der Waals surface area contributed by atoms with E-state index in [9.17, 15) is 33.9 Å². The lowest BCUT2D eigenvalue weighted by atomic mass is 10.1. The van der Waals surface area contributed by atoms with Gasteiger partial charge in [0.25, 0.3) is 0 Å². The van der Waals surface area contributed by atoms with Crippen LogP contribution < -0.4 is 9.47 Å². The number of carbonyl (C=O) groups is 6. The number of unbranched alkanes of at least 4 members (excludes halogenated alkanes) is 1. The number of allylic oxidation sites excluding steroid dienone is 1. The van der Waals surface area contributed by atoms with Crippen LogP contribution in [-0.2, 0) is 118 Å². The molecule has 0 spiro atoms. The highest BCUT2D eigenvalue weighted by molar-refractivity contribution is 9.09. The number of phenols is 1. The van der Waals surface area contributed by atoms with Crippen molar-refractivity contribution in [1.82, 2.24) is 0 Å². The molecule has 0 radical (unpaired) electrons. The van der Waals surface area contributed by atoms with E-state index in [0.717, 1.165) is 43.9 Å². The third kappa shape index (κ3) is 80.7. The van der Waals surface area contributed by atoms with Crippen LogP contribution in [0, 0.1) is 0 Å². The molecule has 0 amide bonds. The maximum Gasteiger partial charge on any atom is 0.338 e. The van der Waals surface area contributed by atoms with Crippen molar-refractivity contribution >= 4 is 51.7 Å². The Hall–Kier alpha value is -7.56. The van der Waals surface area contributed by atoms with Crippen molar-refractivity contribution in [2.75, 3.05) is 332 Å². The summed E-state index contributed by atoms with van der Waals surface area (Å²) in [7, 11) is 7.35. The number of aromatic hydroxyl groups is 1. The number of hydrogen-bond donors (Lipinski definition) is 4. The van der Waals surface area contributed by atoms with Gasteiger partial charge in [-0.25, -0.2) is 28.8 Å². The fourth-order valence-electron chi connectivity index (χ4n) is 8.26. The summed E-state index contributed by atoms with van der Waals surface area (Å²) in [5.74, 6) is -3.20. The molecule has 0 aliphatic rings. The average Bonchev–Trinajstić information content (AvgIpc) is 0.832. The smallest absolute Gasteiger partial charge is 0.338 e. The Bertz CT molecular complexity index is 2980. The molecular weight excluding hydrogens is 1720 g/mol. The first-order valence-corrected chi connectivity index (χ1v) is 41.8. The zero-order valence-corrected chi connectivity index (χ0v) is 76.3. The molecule has 125 heavy (non-hydrogen) atoms. The van der Waals surface area contributed by atoms with Crippen LogP contribution in [-0.4, -0.2) is 388 Å². The summed E-state index contributed by atoms with van der Waals surface area (Å²) < 4.78 is 138. The van der Waals surface area contributed by atoms with Crippen molar-refractivity contribution < 1.29 is 177 Å². The van der Waals surface area contributed by atoms with Gasteiger partial charge in [0.1, 0.15) is 30.5 Å². The monoisotopic (exact) mass is 1860 g/mol. The number of alkyl halides is 1. The Labute approximate surface area is 746 Å². The highest BCUT2D eigenvalue weighted by Gasteiger charge is 2.22. The minimum absolute atomic E-state index is 0.0237. The maximum atomic E-state index is 11.9. The molecule has 0 heterocycles. The zero-order valence-electron chi connectivity index (χ0n) is 74.7. The summed E-state index contributed by atoms with van der Waals surface area (Å²) in [5, 5.41) is 35.2. The molecule has 37 nitrogen and oxygen atoms in total. The molecule has 4 N–H and O–H groups in total.